The number of hydrogen-bond acceptors (Lipinski definition) is 3. The molecule has 2 rings (SSSR count). The lowest BCUT2D eigenvalue weighted by atomic mass is 10.0. The molecule has 1 N–H and O–H groups in total. The van der Waals surface area contributed by atoms with Crippen molar-refractivity contribution in [3.05, 3.63) is 74.3 Å². The molecule has 0 heterocycles. The number of hydrogen-bond donors (Lipinski definition) is 1. The molecule has 2 aromatic rings. The van der Waals surface area contributed by atoms with E-state index >= 15 is 0 Å². The molecule has 0 amide bonds. The van der Waals surface area contributed by atoms with Crippen molar-refractivity contribution in [2.24, 2.45) is 0 Å². The third-order valence-electron chi connectivity index (χ3n) is 3.49. The molecule has 1 atom stereocenters. The van der Waals surface area contributed by atoms with Crippen molar-refractivity contribution in [2.45, 2.75) is 26.4 Å². The first-order valence-electron chi connectivity index (χ1n) is 6.70. The summed E-state index contributed by atoms with van der Waals surface area (Å²) in [4.78, 5) is 10.7. The molecule has 0 spiro atoms. The first-order valence-corrected chi connectivity index (χ1v) is 7.08. The fourth-order valence-electron chi connectivity index (χ4n) is 2.32. The fourth-order valence-corrected chi connectivity index (χ4v) is 2.51. The van der Waals surface area contributed by atoms with Gasteiger partial charge in [-0.15, -0.1) is 0 Å². The topological polar surface area (TPSA) is 55.2 Å². The standard InChI is InChI=1S/C16H17ClN2O2/c1-11-5-3-4-6-15(11)12(2)18-10-13-9-14(17)7-8-16(13)19(20)21/h3-9,12,18H,10H2,1-2H3/t12-/m1/s1. The second kappa shape index (κ2) is 6.70. The molecule has 4 nitrogen and oxygen atoms in total. The van der Waals surface area contributed by atoms with Crippen molar-refractivity contribution >= 4 is 17.3 Å². The summed E-state index contributed by atoms with van der Waals surface area (Å²) in [6.45, 7) is 4.49. The largest absolute Gasteiger partial charge is 0.306 e. The van der Waals surface area contributed by atoms with Crippen molar-refractivity contribution in [2.75, 3.05) is 0 Å². The van der Waals surface area contributed by atoms with E-state index in [1.165, 1.54) is 23.3 Å². The van der Waals surface area contributed by atoms with Gasteiger partial charge in [0.1, 0.15) is 0 Å². The Hall–Kier alpha value is -1.91. The van der Waals surface area contributed by atoms with E-state index in [0.717, 1.165) is 0 Å². The van der Waals surface area contributed by atoms with Gasteiger partial charge >= 0.3 is 0 Å². The van der Waals surface area contributed by atoms with Crippen LogP contribution in [0.1, 0.15) is 29.7 Å². The average Bonchev–Trinajstić information content (AvgIpc) is 2.45. The van der Waals surface area contributed by atoms with Crippen LogP contribution in [0.2, 0.25) is 5.02 Å². The van der Waals surface area contributed by atoms with Crippen LogP contribution in [0.5, 0.6) is 0 Å². The summed E-state index contributed by atoms with van der Waals surface area (Å²) in [5.74, 6) is 0. The highest BCUT2D eigenvalue weighted by Gasteiger charge is 2.15. The Morgan fingerprint density at radius 3 is 2.67 bits per heavy atom. The zero-order chi connectivity index (χ0) is 15.4. The van der Waals surface area contributed by atoms with Crippen LogP contribution in [0, 0.1) is 17.0 Å². The van der Waals surface area contributed by atoms with E-state index < -0.39 is 0 Å². The van der Waals surface area contributed by atoms with Crippen molar-refractivity contribution in [1.29, 1.82) is 0 Å². The predicted molar refractivity (Wildman–Crippen MR) is 84.5 cm³/mol. The highest BCUT2D eigenvalue weighted by atomic mass is 35.5. The van der Waals surface area contributed by atoms with E-state index in [-0.39, 0.29) is 16.7 Å². The molecule has 0 fully saturated rings. The Bertz CT molecular complexity index is 658. The summed E-state index contributed by atoms with van der Waals surface area (Å²) >= 11 is 5.93. The number of benzene rings is 2. The Morgan fingerprint density at radius 2 is 2.00 bits per heavy atom. The van der Waals surface area contributed by atoms with Crippen LogP contribution in [0.25, 0.3) is 0 Å². The van der Waals surface area contributed by atoms with E-state index in [4.69, 9.17) is 11.6 Å². The van der Waals surface area contributed by atoms with E-state index in [9.17, 15) is 10.1 Å². The van der Waals surface area contributed by atoms with Gasteiger partial charge in [0.15, 0.2) is 0 Å². The lowest BCUT2D eigenvalue weighted by Crippen LogP contribution is -2.19. The van der Waals surface area contributed by atoms with Crippen molar-refractivity contribution in [3.63, 3.8) is 0 Å². The van der Waals surface area contributed by atoms with Gasteiger partial charge in [-0.1, -0.05) is 35.9 Å². The molecule has 0 radical (unpaired) electrons. The minimum absolute atomic E-state index is 0.0869. The molecule has 0 bridgehead atoms. The van der Waals surface area contributed by atoms with E-state index in [0.29, 0.717) is 17.1 Å². The first kappa shape index (κ1) is 15.5. The fraction of sp³-hybridized carbons (Fsp3) is 0.250. The summed E-state index contributed by atoms with van der Waals surface area (Å²) in [6, 6.07) is 12.8. The van der Waals surface area contributed by atoms with Crippen LogP contribution < -0.4 is 5.32 Å². The number of rotatable bonds is 5. The molecule has 0 aliphatic carbocycles. The zero-order valence-electron chi connectivity index (χ0n) is 12.0. The van der Waals surface area contributed by atoms with E-state index in [2.05, 4.69) is 24.4 Å². The molecule has 0 aliphatic heterocycles. The molecular formula is C16H17ClN2O2. The molecule has 0 unspecified atom stereocenters. The SMILES string of the molecule is Cc1ccccc1[C@@H](C)NCc1cc(Cl)ccc1[N+](=O)[O-]. The van der Waals surface area contributed by atoms with Gasteiger partial charge in [-0.3, -0.25) is 10.1 Å². The van der Waals surface area contributed by atoms with Gasteiger partial charge in [0, 0.05) is 29.2 Å². The summed E-state index contributed by atoms with van der Waals surface area (Å²) < 4.78 is 0. The normalized spacial score (nSPS) is 12.1. The molecule has 0 saturated carbocycles. The van der Waals surface area contributed by atoms with Crippen LogP contribution in [0.15, 0.2) is 42.5 Å². The highest BCUT2D eigenvalue weighted by Crippen LogP contribution is 2.24. The van der Waals surface area contributed by atoms with Crippen molar-refractivity contribution in [3.8, 4) is 0 Å². The van der Waals surface area contributed by atoms with Gasteiger partial charge in [0.2, 0.25) is 0 Å². The number of nitro groups is 1. The van der Waals surface area contributed by atoms with Gasteiger partial charge in [-0.05, 0) is 37.1 Å². The molecule has 0 saturated heterocycles. The Balaban J connectivity index is 2.15. The van der Waals surface area contributed by atoms with Crippen molar-refractivity contribution in [1.82, 2.24) is 5.32 Å². The summed E-state index contributed by atoms with van der Waals surface area (Å²) in [7, 11) is 0. The number of nitrogens with one attached hydrogen (secondary N) is 1. The van der Waals surface area contributed by atoms with Gasteiger partial charge in [-0.2, -0.15) is 0 Å². The quantitative estimate of drug-likeness (QED) is 0.657. The second-order valence-electron chi connectivity index (χ2n) is 4.99. The third-order valence-corrected chi connectivity index (χ3v) is 3.73. The van der Waals surface area contributed by atoms with Crippen LogP contribution in [-0.2, 0) is 6.54 Å². The molecular weight excluding hydrogens is 288 g/mol. The maximum absolute atomic E-state index is 11.0. The van der Waals surface area contributed by atoms with Gasteiger partial charge in [0.25, 0.3) is 5.69 Å². The lowest BCUT2D eigenvalue weighted by molar-refractivity contribution is -0.385. The smallest absolute Gasteiger partial charge is 0.273 e. The predicted octanol–water partition coefficient (Wildman–Crippen LogP) is 4.41. The number of nitrogens with zero attached hydrogens (tertiary/aromatic N) is 1. The minimum Gasteiger partial charge on any atom is -0.306 e. The monoisotopic (exact) mass is 304 g/mol. The summed E-state index contributed by atoms with van der Waals surface area (Å²) in [6.07, 6.45) is 0. The average molecular weight is 305 g/mol. The number of nitro benzene ring substituents is 1. The highest BCUT2D eigenvalue weighted by molar-refractivity contribution is 6.30. The zero-order valence-corrected chi connectivity index (χ0v) is 12.7. The van der Waals surface area contributed by atoms with E-state index in [1.807, 2.05) is 19.1 Å². The molecule has 0 aromatic heterocycles. The number of halogens is 1. The van der Waals surface area contributed by atoms with Gasteiger partial charge in [-0.25, -0.2) is 0 Å². The van der Waals surface area contributed by atoms with Crippen LogP contribution in [-0.4, -0.2) is 4.92 Å². The second-order valence-corrected chi connectivity index (χ2v) is 5.43. The van der Waals surface area contributed by atoms with E-state index in [1.54, 1.807) is 6.07 Å². The molecule has 2 aromatic carbocycles. The maximum atomic E-state index is 11.0. The molecule has 0 aliphatic rings. The van der Waals surface area contributed by atoms with Crippen molar-refractivity contribution < 1.29 is 4.92 Å². The Morgan fingerprint density at radius 1 is 1.29 bits per heavy atom. The minimum atomic E-state index is -0.383. The molecule has 5 heteroatoms. The Kier molecular flexibility index (Phi) is 4.94. The summed E-state index contributed by atoms with van der Waals surface area (Å²) in [5.41, 5.74) is 3.05. The Labute approximate surface area is 128 Å². The maximum Gasteiger partial charge on any atom is 0.273 e. The van der Waals surface area contributed by atoms with Crippen LogP contribution in [0.3, 0.4) is 0 Å². The summed E-state index contributed by atoms with van der Waals surface area (Å²) in [5, 5.41) is 14.9. The third kappa shape index (κ3) is 3.80. The van der Waals surface area contributed by atoms with Gasteiger partial charge in [0.05, 0.1) is 4.92 Å². The number of aryl methyl sites for hydroxylation is 1. The van der Waals surface area contributed by atoms with Gasteiger partial charge < -0.3 is 5.32 Å². The molecule has 110 valence electrons. The molecule has 21 heavy (non-hydrogen) atoms. The van der Waals surface area contributed by atoms with Crippen LogP contribution >= 0.6 is 11.6 Å². The van der Waals surface area contributed by atoms with Crippen LogP contribution in [0.4, 0.5) is 5.69 Å². The first-order chi connectivity index (χ1) is 9.99. The lowest BCUT2D eigenvalue weighted by Gasteiger charge is -2.16.